The summed E-state index contributed by atoms with van der Waals surface area (Å²) in [5.41, 5.74) is 1.48. The molecule has 0 bridgehead atoms. The molecular formula is C15H12F2O. The molecule has 0 aromatic heterocycles. The summed E-state index contributed by atoms with van der Waals surface area (Å²) in [4.78, 5) is 12.1. The Bertz CT molecular complexity index is 618. The van der Waals surface area contributed by atoms with Gasteiger partial charge in [-0.3, -0.25) is 4.79 Å². The van der Waals surface area contributed by atoms with Crippen LogP contribution in [-0.2, 0) is 0 Å². The molecule has 0 atom stereocenters. The Balaban J connectivity index is 2.49. The zero-order valence-corrected chi connectivity index (χ0v) is 10.1. The van der Waals surface area contributed by atoms with Crippen LogP contribution in [0.15, 0.2) is 36.4 Å². The second kappa shape index (κ2) is 4.69. The molecule has 0 radical (unpaired) electrons. The summed E-state index contributed by atoms with van der Waals surface area (Å²) in [6.07, 6.45) is 0. The fourth-order valence-electron chi connectivity index (χ4n) is 1.77. The number of aryl methyl sites for hydroxylation is 2. The third kappa shape index (κ3) is 2.30. The van der Waals surface area contributed by atoms with E-state index < -0.39 is 17.4 Å². The molecule has 0 N–H and O–H groups in total. The number of halogens is 2. The molecule has 0 aliphatic rings. The summed E-state index contributed by atoms with van der Waals surface area (Å²) < 4.78 is 26.7. The highest BCUT2D eigenvalue weighted by Crippen LogP contribution is 2.18. The predicted octanol–water partition coefficient (Wildman–Crippen LogP) is 3.81. The summed E-state index contributed by atoms with van der Waals surface area (Å²) in [7, 11) is 0. The lowest BCUT2D eigenvalue weighted by molar-refractivity contribution is 0.103. The maximum absolute atomic E-state index is 13.6. The van der Waals surface area contributed by atoms with Gasteiger partial charge in [-0.25, -0.2) is 8.78 Å². The molecule has 18 heavy (non-hydrogen) atoms. The summed E-state index contributed by atoms with van der Waals surface area (Å²) in [6, 6.07) is 8.88. The van der Waals surface area contributed by atoms with Crippen molar-refractivity contribution in [2.45, 2.75) is 13.8 Å². The van der Waals surface area contributed by atoms with Gasteiger partial charge in [0, 0.05) is 11.6 Å². The van der Waals surface area contributed by atoms with Crippen LogP contribution in [0.4, 0.5) is 8.78 Å². The summed E-state index contributed by atoms with van der Waals surface area (Å²) in [6.45, 7) is 3.35. The van der Waals surface area contributed by atoms with Crippen molar-refractivity contribution in [3.05, 3.63) is 70.3 Å². The topological polar surface area (TPSA) is 17.1 Å². The summed E-state index contributed by atoms with van der Waals surface area (Å²) in [5.74, 6) is -1.91. The van der Waals surface area contributed by atoms with E-state index in [-0.39, 0.29) is 11.1 Å². The number of hydrogen-bond donors (Lipinski definition) is 0. The molecule has 2 aromatic rings. The Morgan fingerprint density at radius 1 is 1.00 bits per heavy atom. The van der Waals surface area contributed by atoms with E-state index in [1.807, 2.05) is 13.0 Å². The summed E-state index contributed by atoms with van der Waals surface area (Å²) >= 11 is 0. The van der Waals surface area contributed by atoms with Crippen molar-refractivity contribution in [3.63, 3.8) is 0 Å². The highest BCUT2D eigenvalue weighted by atomic mass is 19.1. The number of rotatable bonds is 2. The molecule has 2 aromatic carbocycles. The zero-order valence-electron chi connectivity index (χ0n) is 10.1. The first kappa shape index (κ1) is 12.4. The number of hydrogen-bond acceptors (Lipinski definition) is 1. The molecule has 0 heterocycles. The van der Waals surface area contributed by atoms with Gasteiger partial charge < -0.3 is 0 Å². The maximum Gasteiger partial charge on any atom is 0.195 e. The second-order valence-electron chi connectivity index (χ2n) is 4.28. The van der Waals surface area contributed by atoms with Crippen LogP contribution in [0.2, 0.25) is 0 Å². The van der Waals surface area contributed by atoms with Gasteiger partial charge in [-0.1, -0.05) is 23.8 Å². The molecule has 0 unspecified atom stereocenters. The van der Waals surface area contributed by atoms with E-state index in [2.05, 4.69) is 0 Å². The van der Waals surface area contributed by atoms with Gasteiger partial charge in [0.2, 0.25) is 0 Å². The van der Waals surface area contributed by atoms with Crippen molar-refractivity contribution in [2.75, 3.05) is 0 Å². The smallest absolute Gasteiger partial charge is 0.195 e. The third-order valence-corrected chi connectivity index (χ3v) is 2.77. The normalized spacial score (nSPS) is 10.4. The van der Waals surface area contributed by atoms with Crippen molar-refractivity contribution >= 4 is 5.78 Å². The third-order valence-electron chi connectivity index (χ3n) is 2.77. The van der Waals surface area contributed by atoms with Gasteiger partial charge in [-0.05, 0) is 31.5 Å². The highest BCUT2D eigenvalue weighted by Gasteiger charge is 2.16. The van der Waals surface area contributed by atoms with Crippen LogP contribution in [0, 0.1) is 25.5 Å². The molecule has 0 aliphatic carbocycles. The van der Waals surface area contributed by atoms with E-state index in [1.165, 1.54) is 13.0 Å². The number of benzene rings is 2. The van der Waals surface area contributed by atoms with E-state index in [0.717, 1.165) is 11.6 Å². The first-order valence-corrected chi connectivity index (χ1v) is 5.56. The zero-order chi connectivity index (χ0) is 13.3. The molecule has 92 valence electrons. The summed E-state index contributed by atoms with van der Waals surface area (Å²) in [5, 5.41) is 0. The van der Waals surface area contributed by atoms with Gasteiger partial charge in [0.05, 0.1) is 5.56 Å². The molecule has 0 amide bonds. The first-order valence-electron chi connectivity index (χ1n) is 5.56. The predicted molar refractivity (Wildman–Crippen MR) is 65.7 cm³/mol. The molecule has 0 fully saturated rings. The van der Waals surface area contributed by atoms with Crippen molar-refractivity contribution in [2.24, 2.45) is 0 Å². The molecule has 0 spiro atoms. The molecule has 1 nitrogen and oxygen atoms in total. The van der Waals surface area contributed by atoms with Gasteiger partial charge in [0.25, 0.3) is 0 Å². The molecule has 0 saturated carbocycles. The Morgan fingerprint density at radius 3 is 2.39 bits per heavy atom. The Labute approximate surface area is 104 Å². The lowest BCUT2D eigenvalue weighted by Gasteiger charge is -2.06. The molecular weight excluding hydrogens is 234 g/mol. The molecule has 3 heteroatoms. The average Bonchev–Trinajstić information content (AvgIpc) is 2.33. The van der Waals surface area contributed by atoms with Gasteiger partial charge >= 0.3 is 0 Å². The quantitative estimate of drug-likeness (QED) is 0.736. The van der Waals surface area contributed by atoms with E-state index in [4.69, 9.17) is 0 Å². The van der Waals surface area contributed by atoms with Gasteiger partial charge in [0.1, 0.15) is 11.6 Å². The Morgan fingerprint density at radius 2 is 1.72 bits per heavy atom. The lowest BCUT2D eigenvalue weighted by atomic mass is 9.99. The van der Waals surface area contributed by atoms with E-state index >= 15 is 0 Å². The van der Waals surface area contributed by atoms with Crippen LogP contribution in [0.25, 0.3) is 0 Å². The van der Waals surface area contributed by atoms with Crippen molar-refractivity contribution in [3.8, 4) is 0 Å². The second-order valence-corrected chi connectivity index (χ2v) is 4.28. The van der Waals surface area contributed by atoms with Crippen molar-refractivity contribution < 1.29 is 13.6 Å². The minimum absolute atomic E-state index is 0.0977. The average molecular weight is 246 g/mol. The van der Waals surface area contributed by atoms with E-state index in [0.29, 0.717) is 5.56 Å². The largest absolute Gasteiger partial charge is 0.288 e. The molecule has 2 rings (SSSR count). The minimum atomic E-state index is -0.829. The fraction of sp³-hybridized carbons (Fsp3) is 0.133. The lowest BCUT2D eigenvalue weighted by Crippen LogP contribution is -2.06. The Hall–Kier alpha value is -2.03. The fourth-order valence-corrected chi connectivity index (χ4v) is 1.77. The van der Waals surface area contributed by atoms with Crippen LogP contribution >= 0.6 is 0 Å². The standard InChI is InChI=1S/C15H12F2O/c1-9-4-3-5-11(6-9)15(18)12-7-10(2)13(16)8-14(12)17/h3-8H,1-2H3. The highest BCUT2D eigenvalue weighted by molar-refractivity contribution is 6.09. The van der Waals surface area contributed by atoms with Crippen molar-refractivity contribution in [1.29, 1.82) is 0 Å². The molecule has 0 aliphatic heterocycles. The van der Waals surface area contributed by atoms with Crippen LogP contribution < -0.4 is 0 Å². The maximum atomic E-state index is 13.6. The van der Waals surface area contributed by atoms with Crippen LogP contribution in [0.5, 0.6) is 0 Å². The van der Waals surface area contributed by atoms with Gasteiger partial charge in [-0.15, -0.1) is 0 Å². The minimum Gasteiger partial charge on any atom is -0.288 e. The van der Waals surface area contributed by atoms with Crippen LogP contribution in [0.1, 0.15) is 27.0 Å². The van der Waals surface area contributed by atoms with Crippen molar-refractivity contribution in [1.82, 2.24) is 0 Å². The van der Waals surface area contributed by atoms with Gasteiger partial charge in [-0.2, -0.15) is 0 Å². The SMILES string of the molecule is Cc1cccc(C(=O)c2cc(C)c(F)cc2F)c1. The van der Waals surface area contributed by atoms with E-state index in [9.17, 15) is 13.6 Å². The van der Waals surface area contributed by atoms with Crippen LogP contribution in [0.3, 0.4) is 0 Å². The van der Waals surface area contributed by atoms with E-state index in [1.54, 1.807) is 18.2 Å². The monoisotopic (exact) mass is 246 g/mol. The number of carbonyl (C=O) groups is 1. The van der Waals surface area contributed by atoms with Gasteiger partial charge in [0.15, 0.2) is 5.78 Å². The number of carbonyl (C=O) groups excluding carboxylic acids is 1. The first-order chi connectivity index (χ1) is 8.49. The number of ketones is 1. The Kier molecular flexibility index (Phi) is 3.24. The molecule has 0 saturated heterocycles. The van der Waals surface area contributed by atoms with Crippen LogP contribution in [-0.4, -0.2) is 5.78 Å².